The van der Waals surface area contributed by atoms with Gasteiger partial charge in [0.2, 0.25) is 11.8 Å². The van der Waals surface area contributed by atoms with Crippen LogP contribution in [0, 0.1) is 5.95 Å². The summed E-state index contributed by atoms with van der Waals surface area (Å²) in [4.78, 5) is 6.22. The van der Waals surface area contributed by atoms with Crippen molar-refractivity contribution in [1.82, 2.24) is 9.97 Å². The first-order valence-electron chi connectivity index (χ1n) is 2.61. The molecule has 6 heteroatoms. The molecule has 0 saturated carbocycles. The Morgan fingerprint density at radius 2 is 2.00 bits per heavy atom. The summed E-state index contributed by atoms with van der Waals surface area (Å²) in [7, 11) is 0. The minimum Gasteiger partial charge on any atom is -0.415 e. The van der Waals surface area contributed by atoms with Crippen LogP contribution in [0.25, 0.3) is 0 Å². The number of hydrogen-bond donors (Lipinski definition) is 0. The normalized spacial score (nSPS) is 10.2. The van der Waals surface area contributed by atoms with Gasteiger partial charge in [0.15, 0.2) is 0 Å². The van der Waals surface area contributed by atoms with Crippen LogP contribution in [0.15, 0.2) is 12.4 Å². The van der Waals surface area contributed by atoms with E-state index in [1.54, 1.807) is 0 Å². The van der Waals surface area contributed by atoms with E-state index < -0.39 is 18.4 Å². The third-order valence-corrected chi connectivity index (χ3v) is 0.806. The van der Waals surface area contributed by atoms with Gasteiger partial charge < -0.3 is 4.74 Å². The van der Waals surface area contributed by atoms with Crippen molar-refractivity contribution in [3.05, 3.63) is 18.3 Å². The van der Waals surface area contributed by atoms with E-state index in [0.29, 0.717) is 6.20 Å². The van der Waals surface area contributed by atoms with Crippen LogP contribution in [-0.2, 0) is 0 Å². The Hall–Kier alpha value is -1.33. The zero-order chi connectivity index (χ0) is 8.27. The maximum atomic E-state index is 12.0. The van der Waals surface area contributed by atoms with Crippen LogP contribution < -0.4 is 4.74 Å². The summed E-state index contributed by atoms with van der Waals surface area (Å²) >= 11 is 0. The first-order chi connectivity index (χ1) is 5.18. The van der Waals surface area contributed by atoms with E-state index in [9.17, 15) is 13.2 Å². The van der Waals surface area contributed by atoms with Crippen molar-refractivity contribution >= 4 is 0 Å². The molecule has 1 aromatic rings. The van der Waals surface area contributed by atoms with Crippen molar-refractivity contribution in [3.63, 3.8) is 0 Å². The molecule has 0 bridgehead atoms. The number of alkyl halides is 2. The second kappa shape index (κ2) is 3.18. The summed E-state index contributed by atoms with van der Waals surface area (Å²) < 4.78 is 38.7. The summed E-state index contributed by atoms with van der Waals surface area (Å²) in [5, 5.41) is 0. The van der Waals surface area contributed by atoms with Crippen LogP contribution in [0.2, 0.25) is 0 Å². The number of aromatic nitrogens is 2. The monoisotopic (exact) mass is 164 g/mol. The zero-order valence-corrected chi connectivity index (χ0v) is 5.17. The summed E-state index contributed by atoms with van der Waals surface area (Å²) in [5.41, 5.74) is 0. The molecule has 1 rings (SSSR count). The summed E-state index contributed by atoms with van der Waals surface area (Å²) in [6, 6.07) is 0. The fraction of sp³-hybridized carbons (Fsp3) is 0.200. The van der Waals surface area contributed by atoms with Gasteiger partial charge in [0.05, 0.1) is 12.4 Å². The molecule has 0 fully saturated rings. The number of ether oxygens (including phenoxy) is 1. The van der Waals surface area contributed by atoms with Crippen molar-refractivity contribution < 1.29 is 17.9 Å². The number of halogens is 3. The molecule has 0 saturated heterocycles. The SMILES string of the molecule is Fc1cnc(OC(F)F)cn1. The van der Waals surface area contributed by atoms with Gasteiger partial charge in [0, 0.05) is 0 Å². The molecule has 0 unspecified atom stereocenters. The first kappa shape index (κ1) is 7.77. The molecule has 11 heavy (non-hydrogen) atoms. The van der Waals surface area contributed by atoms with Gasteiger partial charge in [-0.15, -0.1) is 0 Å². The third-order valence-electron chi connectivity index (χ3n) is 0.806. The zero-order valence-electron chi connectivity index (χ0n) is 5.17. The Labute approximate surface area is 59.8 Å². The lowest BCUT2D eigenvalue weighted by molar-refractivity contribution is -0.0532. The molecule has 60 valence electrons. The van der Waals surface area contributed by atoms with Gasteiger partial charge in [-0.1, -0.05) is 0 Å². The highest BCUT2D eigenvalue weighted by atomic mass is 19.3. The van der Waals surface area contributed by atoms with Gasteiger partial charge in [-0.2, -0.15) is 13.2 Å². The second-order valence-electron chi connectivity index (χ2n) is 1.56. The maximum Gasteiger partial charge on any atom is 0.388 e. The quantitative estimate of drug-likeness (QED) is 0.659. The lowest BCUT2D eigenvalue weighted by Crippen LogP contribution is -2.04. The van der Waals surface area contributed by atoms with Crippen LogP contribution in [0.4, 0.5) is 13.2 Å². The fourth-order valence-electron chi connectivity index (χ4n) is 0.453. The second-order valence-corrected chi connectivity index (χ2v) is 1.56. The van der Waals surface area contributed by atoms with Crippen LogP contribution in [0.5, 0.6) is 5.88 Å². The van der Waals surface area contributed by atoms with E-state index in [1.165, 1.54) is 0 Å². The molecule has 0 aliphatic carbocycles. The molecule has 0 aromatic carbocycles. The van der Waals surface area contributed by atoms with Crippen molar-refractivity contribution in [3.8, 4) is 5.88 Å². The molecule has 0 N–H and O–H groups in total. The van der Waals surface area contributed by atoms with E-state index in [1.807, 2.05) is 0 Å². The van der Waals surface area contributed by atoms with Crippen molar-refractivity contribution in [2.75, 3.05) is 0 Å². The number of hydrogen-bond acceptors (Lipinski definition) is 3. The first-order valence-corrected chi connectivity index (χ1v) is 2.61. The molecule has 0 aliphatic rings. The largest absolute Gasteiger partial charge is 0.415 e. The van der Waals surface area contributed by atoms with Crippen molar-refractivity contribution in [2.45, 2.75) is 6.61 Å². The predicted octanol–water partition coefficient (Wildman–Crippen LogP) is 1.22. The highest BCUT2D eigenvalue weighted by Gasteiger charge is 2.04. The van der Waals surface area contributed by atoms with Gasteiger partial charge >= 0.3 is 6.61 Å². The molecule has 3 nitrogen and oxygen atoms in total. The van der Waals surface area contributed by atoms with Gasteiger partial charge in [-0.3, -0.25) is 0 Å². The molecule has 1 heterocycles. The summed E-state index contributed by atoms with van der Waals surface area (Å²) in [5.74, 6) is -1.24. The van der Waals surface area contributed by atoms with Crippen LogP contribution >= 0.6 is 0 Å². The predicted molar refractivity (Wildman–Crippen MR) is 28.6 cm³/mol. The lowest BCUT2D eigenvalue weighted by atomic mass is 10.7. The Bertz CT molecular complexity index is 226. The van der Waals surface area contributed by atoms with Crippen molar-refractivity contribution in [1.29, 1.82) is 0 Å². The molecule has 0 aliphatic heterocycles. The molecule has 0 radical (unpaired) electrons. The summed E-state index contributed by atoms with van der Waals surface area (Å²) in [6.07, 6.45) is 1.47. The minimum atomic E-state index is -2.96. The average Bonchev–Trinajstić information content (AvgIpc) is 1.93. The van der Waals surface area contributed by atoms with E-state index in [4.69, 9.17) is 0 Å². The van der Waals surface area contributed by atoms with Crippen LogP contribution in [-0.4, -0.2) is 16.6 Å². The van der Waals surface area contributed by atoms with Crippen LogP contribution in [0.3, 0.4) is 0 Å². The minimum absolute atomic E-state index is 0.401. The Morgan fingerprint density at radius 1 is 1.27 bits per heavy atom. The fourth-order valence-corrected chi connectivity index (χ4v) is 0.453. The Morgan fingerprint density at radius 3 is 2.45 bits per heavy atom. The van der Waals surface area contributed by atoms with E-state index >= 15 is 0 Å². The molecule has 0 atom stereocenters. The van der Waals surface area contributed by atoms with Gasteiger partial charge in [-0.25, -0.2) is 9.97 Å². The number of nitrogens with zero attached hydrogens (tertiary/aromatic N) is 2. The van der Waals surface area contributed by atoms with E-state index in [-0.39, 0.29) is 0 Å². The maximum absolute atomic E-state index is 12.0. The highest BCUT2D eigenvalue weighted by molar-refractivity contribution is 5.01. The average molecular weight is 164 g/mol. The van der Waals surface area contributed by atoms with Gasteiger partial charge in [0.1, 0.15) is 0 Å². The Kier molecular flexibility index (Phi) is 2.25. The van der Waals surface area contributed by atoms with E-state index in [0.717, 1.165) is 6.20 Å². The molecular weight excluding hydrogens is 161 g/mol. The Balaban J connectivity index is 2.66. The molecule has 1 aromatic heterocycles. The topological polar surface area (TPSA) is 35.0 Å². The number of rotatable bonds is 2. The van der Waals surface area contributed by atoms with Gasteiger partial charge in [0.25, 0.3) is 0 Å². The van der Waals surface area contributed by atoms with E-state index in [2.05, 4.69) is 14.7 Å². The van der Waals surface area contributed by atoms with Crippen LogP contribution in [0.1, 0.15) is 0 Å². The molecule has 0 amide bonds. The molecule has 0 spiro atoms. The van der Waals surface area contributed by atoms with Gasteiger partial charge in [-0.05, 0) is 0 Å². The third kappa shape index (κ3) is 2.40. The van der Waals surface area contributed by atoms with Crippen molar-refractivity contribution in [2.24, 2.45) is 0 Å². The summed E-state index contributed by atoms with van der Waals surface area (Å²) in [6.45, 7) is -2.96. The lowest BCUT2D eigenvalue weighted by Gasteiger charge is -2.00. The molecular formula is C5H3F3N2O. The smallest absolute Gasteiger partial charge is 0.388 e. The standard InChI is InChI=1S/C5H3F3N2O/c6-3-1-10-4(2-9-3)11-5(7)8/h1-2,5H. The highest BCUT2D eigenvalue weighted by Crippen LogP contribution is 2.06.